The number of benzene rings is 2. The Morgan fingerprint density at radius 3 is 2.17 bits per heavy atom. The molecule has 0 atom stereocenters. The van der Waals surface area contributed by atoms with Crippen LogP contribution in [0.15, 0.2) is 53.4 Å². The molecule has 30 heavy (non-hydrogen) atoms. The Balaban J connectivity index is 1.59. The summed E-state index contributed by atoms with van der Waals surface area (Å²) in [6, 6.07) is 12.5. The highest BCUT2D eigenvalue weighted by Crippen LogP contribution is 2.25. The van der Waals surface area contributed by atoms with Crippen LogP contribution in [0.1, 0.15) is 21.5 Å². The van der Waals surface area contributed by atoms with E-state index in [0.717, 1.165) is 4.31 Å². The molecular weight excluding hydrogens is 432 g/mol. The third kappa shape index (κ3) is 5.30. The zero-order valence-corrected chi connectivity index (χ0v) is 18.0. The van der Waals surface area contributed by atoms with E-state index in [-0.39, 0.29) is 25.3 Å². The minimum absolute atomic E-state index is 0.00670. The van der Waals surface area contributed by atoms with E-state index in [2.05, 4.69) is 0 Å². The number of hydrogen-bond donors (Lipinski definition) is 2. The predicted octanol–water partition coefficient (Wildman–Crippen LogP) is 1.13. The summed E-state index contributed by atoms with van der Waals surface area (Å²) in [7, 11) is -7.63. The molecule has 1 aliphatic rings. The monoisotopic (exact) mass is 454 g/mol. The minimum atomic E-state index is -3.82. The van der Waals surface area contributed by atoms with Crippen LogP contribution in [0.2, 0.25) is 0 Å². The molecule has 162 valence electrons. The molecule has 3 rings (SSSR count). The first-order valence-electron chi connectivity index (χ1n) is 8.83. The van der Waals surface area contributed by atoms with Gasteiger partial charge in [0.2, 0.25) is 5.91 Å². The molecule has 1 aliphatic heterocycles. The lowest BCUT2D eigenvalue weighted by molar-refractivity contribution is -0.118. The van der Waals surface area contributed by atoms with Crippen molar-refractivity contribution in [3.63, 3.8) is 0 Å². The smallest absolute Gasteiger partial charge is 0.338 e. The Hall–Kier alpha value is -2.60. The molecule has 0 aromatic heterocycles. The second-order valence-corrected chi connectivity index (χ2v) is 13.1. The lowest BCUT2D eigenvalue weighted by atomic mass is 10.1. The molecule has 1 heterocycles. The molecule has 0 bridgehead atoms. The van der Waals surface area contributed by atoms with Crippen LogP contribution in [0.5, 0.6) is 0 Å². The van der Waals surface area contributed by atoms with Crippen LogP contribution in [0.4, 0.5) is 0 Å². The number of nitrogens with zero attached hydrogens (tertiary/aromatic N) is 1. The Morgan fingerprint density at radius 1 is 1.10 bits per heavy atom. The van der Waals surface area contributed by atoms with E-state index >= 15 is 0 Å². The Morgan fingerprint density at radius 2 is 1.67 bits per heavy atom. The van der Waals surface area contributed by atoms with E-state index in [1.165, 1.54) is 36.8 Å². The van der Waals surface area contributed by atoms with E-state index in [9.17, 15) is 26.8 Å². The standard InChI is InChI=1S/C19H22N2O7S2/c1-30(2,26,27)17-9-5-15(6-10-17)13-28-19(23)16-7-3-14(4-8-16)11-21-12-18(22)20-29(21,24)25/h3-10H,11-13H2,1-2H3,(H,20,22)(H,26,27). The van der Waals surface area contributed by atoms with Crippen molar-refractivity contribution in [2.45, 2.75) is 18.0 Å². The average Bonchev–Trinajstić information content (AvgIpc) is 2.90. The van der Waals surface area contributed by atoms with Crippen molar-refractivity contribution < 1.29 is 31.5 Å². The molecule has 1 fully saturated rings. The summed E-state index contributed by atoms with van der Waals surface area (Å²) in [5, 5.41) is 0. The SMILES string of the molecule is CS(C)(=O)(O)c1ccc(COC(=O)c2ccc(CN3CC(=O)NS3(=O)=O)cc2)cc1. The van der Waals surface area contributed by atoms with E-state index in [4.69, 9.17) is 4.74 Å². The van der Waals surface area contributed by atoms with Crippen molar-refractivity contribution in [2.75, 3.05) is 19.1 Å². The normalized spacial score (nSPS) is 17.7. The number of nitrogens with one attached hydrogen (secondary N) is 1. The molecular formula is C19H22N2O7S2. The largest absolute Gasteiger partial charge is 0.457 e. The molecule has 2 aromatic rings. The maximum atomic E-state index is 12.2. The fourth-order valence-corrected chi connectivity index (χ4v) is 4.78. The second-order valence-electron chi connectivity index (χ2n) is 7.48. The van der Waals surface area contributed by atoms with Crippen LogP contribution >= 0.6 is 0 Å². The van der Waals surface area contributed by atoms with Crippen LogP contribution in [0, 0.1) is 0 Å². The van der Waals surface area contributed by atoms with Gasteiger partial charge in [-0.2, -0.15) is 22.1 Å². The number of carbonyl (C=O) groups is 2. The Kier molecular flexibility index (Phi) is 5.58. The van der Waals surface area contributed by atoms with Gasteiger partial charge in [0.15, 0.2) is 0 Å². The minimum Gasteiger partial charge on any atom is -0.457 e. The van der Waals surface area contributed by atoms with Gasteiger partial charge in [0.25, 0.3) is 0 Å². The fourth-order valence-electron chi connectivity index (χ4n) is 2.78. The van der Waals surface area contributed by atoms with Gasteiger partial charge >= 0.3 is 16.2 Å². The highest BCUT2D eigenvalue weighted by atomic mass is 32.3. The molecule has 0 saturated carbocycles. The highest BCUT2D eigenvalue weighted by Gasteiger charge is 2.33. The summed E-state index contributed by atoms with van der Waals surface area (Å²) in [5.41, 5.74) is 1.56. The van der Waals surface area contributed by atoms with Gasteiger partial charge < -0.3 is 4.74 Å². The zero-order chi connectivity index (χ0) is 22.2. The molecule has 11 heteroatoms. The van der Waals surface area contributed by atoms with Crippen LogP contribution in [0.25, 0.3) is 0 Å². The van der Waals surface area contributed by atoms with Crippen molar-refractivity contribution in [2.24, 2.45) is 0 Å². The third-order valence-corrected chi connectivity index (χ3v) is 7.46. The highest BCUT2D eigenvalue weighted by molar-refractivity contribution is 8.14. The van der Waals surface area contributed by atoms with E-state index in [1.807, 2.05) is 4.72 Å². The zero-order valence-electron chi connectivity index (χ0n) is 16.4. The molecule has 0 unspecified atom stereocenters. The van der Waals surface area contributed by atoms with Gasteiger partial charge in [-0.15, -0.1) is 0 Å². The average molecular weight is 455 g/mol. The van der Waals surface area contributed by atoms with E-state index in [1.54, 1.807) is 24.3 Å². The first kappa shape index (κ1) is 22.1. The lowest BCUT2D eigenvalue weighted by Crippen LogP contribution is -2.29. The summed E-state index contributed by atoms with van der Waals surface area (Å²) < 4.78 is 53.8. The molecule has 2 aromatic carbocycles. The van der Waals surface area contributed by atoms with Crippen LogP contribution in [-0.2, 0) is 42.2 Å². The summed E-state index contributed by atoms with van der Waals surface area (Å²) in [4.78, 5) is 23.8. The molecule has 0 radical (unpaired) electrons. The topological polar surface area (TPSA) is 130 Å². The summed E-state index contributed by atoms with van der Waals surface area (Å²) in [5.74, 6) is -1.15. The van der Waals surface area contributed by atoms with Crippen LogP contribution < -0.4 is 4.72 Å². The first-order valence-corrected chi connectivity index (χ1v) is 13.0. The number of hydrogen-bond acceptors (Lipinski definition) is 6. The Bertz CT molecular complexity index is 1140. The summed E-state index contributed by atoms with van der Waals surface area (Å²) in [6.07, 6.45) is 2.53. The van der Waals surface area contributed by atoms with Gasteiger partial charge in [0, 0.05) is 19.1 Å². The van der Waals surface area contributed by atoms with Crippen LogP contribution in [0.3, 0.4) is 0 Å². The maximum absolute atomic E-state index is 12.2. The molecule has 0 aliphatic carbocycles. The number of amides is 1. The molecule has 1 saturated heterocycles. The van der Waals surface area contributed by atoms with Gasteiger partial charge in [0.05, 0.1) is 17.0 Å². The van der Waals surface area contributed by atoms with Crippen molar-refractivity contribution in [3.05, 3.63) is 65.2 Å². The molecule has 1 amide bonds. The quantitative estimate of drug-likeness (QED) is 0.626. The summed E-state index contributed by atoms with van der Waals surface area (Å²) in [6.45, 7) is -0.244. The number of esters is 1. The van der Waals surface area contributed by atoms with Gasteiger partial charge in [-0.25, -0.2) is 13.7 Å². The van der Waals surface area contributed by atoms with Crippen LogP contribution in [-0.4, -0.2) is 52.4 Å². The van der Waals surface area contributed by atoms with Crippen molar-refractivity contribution in [1.29, 1.82) is 0 Å². The lowest BCUT2D eigenvalue weighted by Gasteiger charge is -2.33. The predicted molar refractivity (Wildman–Crippen MR) is 110 cm³/mol. The first-order chi connectivity index (χ1) is 13.8. The Labute approximate surface area is 174 Å². The number of ether oxygens (including phenoxy) is 1. The second kappa shape index (κ2) is 7.58. The third-order valence-electron chi connectivity index (χ3n) is 4.42. The van der Waals surface area contributed by atoms with E-state index < -0.39 is 31.4 Å². The van der Waals surface area contributed by atoms with Crippen molar-refractivity contribution >= 4 is 31.4 Å². The summed E-state index contributed by atoms with van der Waals surface area (Å²) >= 11 is 0. The number of rotatable bonds is 6. The number of carbonyl (C=O) groups excluding carboxylic acids is 2. The van der Waals surface area contributed by atoms with E-state index in [0.29, 0.717) is 16.0 Å². The molecule has 9 nitrogen and oxygen atoms in total. The van der Waals surface area contributed by atoms with Gasteiger partial charge in [-0.1, -0.05) is 24.3 Å². The van der Waals surface area contributed by atoms with Crippen molar-refractivity contribution in [1.82, 2.24) is 9.03 Å². The van der Waals surface area contributed by atoms with Gasteiger partial charge in [-0.05, 0) is 35.4 Å². The van der Waals surface area contributed by atoms with Crippen molar-refractivity contribution in [3.8, 4) is 0 Å². The van der Waals surface area contributed by atoms with Gasteiger partial charge in [0.1, 0.15) is 6.61 Å². The maximum Gasteiger partial charge on any atom is 0.338 e. The molecule has 0 spiro atoms. The van der Waals surface area contributed by atoms with Gasteiger partial charge in [-0.3, -0.25) is 9.35 Å². The fraction of sp³-hybridized carbons (Fsp3) is 0.263. The molecule has 2 N–H and O–H groups in total.